The summed E-state index contributed by atoms with van der Waals surface area (Å²) in [7, 11) is 0. The van der Waals surface area contributed by atoms with Crippen molar-refractivity contribution in [2.24, 2.45) is 0 Å². The lowest BCUT2D eigenvalue weighted by Gasteiger charge is -2.44. The van der Waals surface area contributed by atoms with Crippen LogP contribution < -0.4 is 9.47 Å². The van der Waals surface area contributed by atoms with Crippen LogP contribution in [0.15, 0.2) is 109 Å². The van der Waals surface area contributed by atoms with Crippen LogP contribution in [-0.2, 0) is 19.7 Å². The molecule has 5 nitrogen and oxygen atoms in total. The average molecular weight is 687 g/mol. The lowest BCUT2D eigenvalue weighted by atomic mass is 9.80. The van der Waals surface area contributed by atoms with Crippen molar-refractivity contribution in [3.63, 3.8) is 0 Å². The minimum Gasteiger partial charge on any atom is -0.487 e. The monoisotopic (exact) mass is 686 g/mol. The van der Waals surface area contributed by atoms with E-state index in [9.17, 15) is 4.21 Å². The zero-order valence-corrected chi connectivity index (χ0v) is 29.9. The number of benzene rings is 4. The summed E-state index contributed by atoms with van der Waals surface area (Å²) in [6.45, 7) is 3.64. The van der Waals surface area contributed by atoms with Gasteiger partial charge in [0.25, 0.3) is 0 Å². The lowest BCUT2D eigenvalue weighted by Crippen LogP contribution is -2.54. The number of ether oxygens (including phenoxy) is 2. The fourth-order valence-electron chi connectivity index (χ4n) is 7.26. The summed E-state index contributed by atoms with van der Waals surface area (Å²) >= 11 is -2.14. The molecule has 0 N–H and O–H groups in total. The van der Waals surface area contributed by atoms with Gasteiger partial charge in [-0.1, -0.05) is 110 Å². The molecular formula is C44H46O5S. The summed E-state index contributed by atoms with van der Waals surface area (Å²) in [6.07, 6.45) is 6.59. The van der Waals surface area contributed by atoms with Gasteiger partial charge in [-0.2, -0.15) is 4.21 Å². The Labute approximate surface area is 300 Å². The highest BCUT2D eigenvalue weighted by Gasteiger charge is 2.50. The zero-order chi connectivity index (χ0) is 34.7. The van der Waals surface area contributed by atoms with Gasteiger partial charge in [-0.25, -0.2) is 0 Å². The van der Waals surface area contributed by atoms with E-state index in [2.05, 4.69) is 60.1 Å². The van der Waals surface area contributed by atoms with Gasteiger partial charge in [-0.15, -0.1) is 23.7 Å². The van der Waals surface area contributed by atoms with Gasteiger partial charge in [0.05, 0.1) is 0 Å². The second-order valence-corrected chi connectivity index (χ2v) is 13.9. The Bertz CT molecular complexity index is 1720. The Morgan fingerprint density at radius 1 is 0.580 bits per heavy atom. The van der Waals surface area contributed by atoms with E-state index in [-0.39, 0.29) is 12.2 Å². The topological polar surface area (TPSA) is 54.0 Å². The minimum absolute atomic E-state index is 0.378. The highest BCUT2D eigenvalue weighted by atomic mass is 32.2. The standard InChI is InChI=1S/C44H46O5S/c1-3-5-31-43(33-19-17-29-41(43)46-39-27-15-13-25-37(39)35-21-9-7-10-22-35)48-50(45)49-44(32-6-4-2)34-20-18-30-42(44)47-40-28-16-14-26-38(40)36-23-11-8-12-24-36/h7-16,21-28,41-42H,17-20,29-34H2,1-2H3. The van der Waals surface area contributed by atoms with Gasteiger partial charge in [0.2, 0.25) is 0 Å². The van der Waals surface area contributed by atoms with Crippen LogP contribution in [0.1, 0.15) is 78.1 Å². The van der Waals surface area contributed by atoms with Crippen LogP contribution in [0.4, 0.5) is 0 Å². The molecule has 0 aromatic heterocycles. The normalized spacial score (nSPS) is 23.7. The molecule has 4 atom stereocenters. The molecule has 2 aliphatic rings. The first kappa shape index (κ1) is 35.5. The fraction of sp³-hybridized carbons (Fsp3) is 0.364. The van der Waals surface area contributed by atoms with E-state index in [4.69, 9.17) is 17.8 Å². The van der Waals surface area contributed by atoms with Crippen molar-refractivity contribution in [3.05, 3.63) is 109 Å². The molecule has 258 valence electrons. The largest absolute Gasteiger partial charge is 0.487 e. The molecule has 0 bridgehead atoms. The Kier molecular flexibility index (Phi) is 12.1. The Hall–Kier alpha value is -4.33. The third-order valence-corrected chi connectivity index (χ3v) is 10.8. The van der Waals surface area contributed by atoms with Crippen LogP contribution in [0.3, 0.4) is 0 Å². The summed E-state index contributed by atoms with van der Waals surface area (Å²) in [5.41, 5.74) is 2.28. The van der Waals surface area contributed by atoms with Gasteiger partial charge in [0.1, 0.15) is 34.9 Å². The molecule has 0 radical (unpaired) electrons. The summed E-state index contributed by atoms with van der Waals surface area (Å²) in [4.78, 5) is 0. The molecular weight excluding hydrogens is 641 g/mol. The molecule has 0 saturated heterocycles. The fourth-order valence-corrected chi connectivity index (χ4v) is 8.34. The van der Waals surface area contributed by atoms with E-state index in [1.807, 2.05) is 86.6 Å². The highest BCUT2D eigenvalue weighted by molar-refractivity contribution is 7.75. The minimum atomic E-state index is -2.14. The number of para-hydroxylation sites is 2. The first-order valence-corrected chi connectivity index (χ1v) is 18.8. The third-order valence-electron chi connectivity index (χ3n) is 9.89. The average Bonchev–Trinajstić information content (AvgIpc) is 3.16. The van der Waals surface area contributed by atoms with E-state index in [0.717, 1.165) is 72.3 Å². The van der Waals surface area contributed by atoms with E-state index in [0.29, 0.717) is 25.7 Å². The Morgan fingerprint density at radius 3 is 1.40 bits per heavy atom. The number of hydrogen-bond acceptors (Lipinski definition) is 5. The van der Waals surface area contributed by atoms with Gasteiger partial charge < -0.3 is 9.47 Å². The van der Waals surface area contributed by atoms with Crippen LogP contribution in [0.25, 0.3) is 22.3 Å². The maximum Gasteiger partial charge on any atom is 0.306 e. The Morgan fingerprint density at radius 2 is 0.980 bits per heavy atom. The van der Waals surface area contributed by atoms with E-state index >= 15 is 0 Å². The molecule has 2 fully saturated rings. The Balaban J connectivity index is 1.29. The zero-order valence-electron chi connectivity index (χ0n) is 29.1. The van der Waals surface area contributed by atoms with Crippen LogP contribution in [0, 0.1) is 23.7 Å². The van der Waals surface area contributed by atoms with Crippen LogP contribution in [-0.4, -0.2) is 27.6 Å². The molecule has 4 aromatic rings. The van der Waals surface area contributed by atoms with Crippen molar-refractivity contribution < 1.29 is 22.0 Å². The molecule has 2 aliphatic carbocycles. The molecule has 6 heteroatoms. The molecule has 0 amide bonds. The molecule has 4 aromatic carbocycles. The van der Waals surface area contributed by atoms with Gasteiger partial charge in [-0.3, -0.25) is 8.37 Å². The van der Waals surface area contributed by atoms with Gasteiger partial charge in [0, 0.05) is 24.0 Å². The molecule has 4 unspecified atom stereocenters. The van der Waals surface area contributed by atoms with E-state index < -0.39 is 22.6 Å². The van der Waals surface area contributed by atoms with Crippen molar-refractivity contribution in [3.8, 4) is 57.4 Å². The maximum absolute atomic E-state index is 14.3. The number of rotatable bonds is 12. The van der Waals surface area contributed by atoms with Crippen molar-refractivity contribution in [1.82, 2.24) is 0 Å². The van der Waals surface area contributed by atoms with Crippen molar-refractivity contribution in [1.29, 1.82) is 0 Å². The molecule has 50 heavy (non-hydrogen) atoms. The molecule has 6 rings (SSSR count). The van der Waals surface area contributed by atoms with Crippen molar-refractivity contribution in [2.75, 3.05) is 0 Å². The predicted molar refractivity (Wildman–Crippen MR) is 201 cm³/mol. The van der Waals surface area contributed by atoms with Crippen molar-refractivity contribution >= 4 is 11.4 Å². The molecule has 0 heterocycles. The maximum atomic E-state index is 14.3. The SMILES string of the molecule is CC#CCC1(OS(=O)OC2(CC#CC)CCCCC2Oc2ccccc2-c2ccccc2)CCCCC1Oc1ccccc1-c1ccccc1. The van der Waals surface area contributed by atoms with Gasteiger partial charge in [0.15, 0.2) is 0 Å². The quantitative estimate of drug-likeness (QED) is 0.139. The third kappa shape index (κ3) is 8.34. The second-order valence-electron chi connectivity index (χ2n) is 13.1. The summed E-state index contributed by atoms with van der Waals surface area (Å²) < 4.78 is 41.3. The van der Waals surface area contributed by atoms with Gasteiger partial charge >= 0.3 is 11.4 Å². The smallest absolute Gasteiger partial charge is 0.306 e. The molecule has 0 aliphatic heterocycles. The second kappa shape index (κ2) is 17.1. The van der Waals surface area contributed by atoms with Gasteiger partial charge in [-0.05, 0) is 75.6 Å². The summed E-state index contributed by atoms with van der Waals surface area (Å²) in [6, 6.07) is 36.6. The van der Waals surface area contributed by atoms with E-state index in [1.165, 1.54) is 0 Å². The number of hydrogen-bond donors (Lipinski definition) is 0. The van der Waals surface area contributed by atoms with Crippen LogP contribution in [0.2, 0.25) is 0 Å². The van der Waals surface area contributed by atoms with Crippen molar-refractivity contribution in [2.45, 2.75) is 101 Å². The first-order valence-electron chi connectivity index (χ1n) is 17.8. The van der Waals surface area contributed by atoms with Crippen LogP contribution in [0.5, 0.6) is 11.5 Å². The summed E-state index contributed by atoms with van der Waals surface area (Å²) in [5.74, 6) is 14.1. The predicted octanol–water partition coefficient (Wildman–Crippen LogP) is 10.3. The molecule has 2 saturated carbocycles. The first-order chi connectivity index (χ1) is 24.6. The molecule has 0 spiro atoms. The van der Waals surface area contributed by atoms with E-state index in [1.54, 1.807) is 0 Å². The lowest BCUT2D eigenvalue weighted by molar-refractivity contribution is -0.0916. The highest BCUT2D eigenvalue weighted by Crippen LogP contribution is 2.44. The van der Waals surface area contributed by atoms with Crippen LogP contribution >= 0.6 is 0 Å². The summed E-state index contributed by atoms with van der Waals surface area (Å²) in [5, 5.41) is 0.